The van der Waals surface area contributed by atoms with Crippen LogP contribution in [0.5, 0.6) is 11.5 Å². The maximum atomic E-state index is 11.5. The van der Waals surface area contributed by atoms with Gasteiger partial charge in [0, 0.05) is 24.2 Å². The molecule has 0 radical (unpaired) electrons. The van der Waals surface area contributed by atoms with E-state index in [4.69, 9.17) is 14.2 Å². The van der Waals surface area contributed by atoms with Crippen LogP contribution in [-0.4, -0.2) is 37.5 Å². The summed E-state index contributed by atoms with van der Waals surface area (Å²) in [5.41, 5.74) is 3.54. The minimum atomic E-state index is -1.29. The summed E-state index contributed by atoms with van der Waals surface area (Å²) < 4.78 is 17.4. The number of carboxylic acid groups (broad SMARTS) is 1. The van der Waals surface area contributed by atoms with Crippen LogP contribution in [0.3, 0.4) is 0 Å². The van der Waals surface area contributed by atoms with E-state index in [0.29, 0.717) is 23.0 Å². The van der Waals surface area contributed by atoms with Gasteiger partial charge in [-0.3, -0.25) is 0 Å². The van der Waals surface area contributed by atoms with Crippen molar-refractivity contribution in [1.29, 1.82) is 5.26 Å². The lowest BCUT2D eigenvalue weighted by molar-refractivity contribution is -0.132. The molecule has 38 heavy (non-hydrogen) atoms. The van der Waals surface area contributed by atoms with E-state index in [0.717, 1.165) is 27.5 Å². The molecule has 8 heteroatoms. The summed E-state index contributed by atoms with van der Waals surface area (Å²) in [6.07, 6.45) is 1.02. The highest BCUT2D eigenvalue weighted by atomic mass is 32.1. The Morgan fingerprint density at radius 3 is 2.18 bits per heavy atom. The molecule has 0 bridgehead atoms. The topological polar surface area (TPSA) is 92.0 Å². The van der Waals surface area contributed by atoms with Crippen LogP contribution in [0.2, 0.25) is 0 Å². The first-order chi connectivity index (χ1) is 18.6. The van der Waals surface area contributed by atoms with Gasteiger partial charge in [0.2, 0.25) is 0 Å². The van der Waals surface area contributed by atoms with Gasteiger partial charge in [0.15, 0.2) is 17.6 Å². The molecule has 1 unspecified atom stereocenters. The SMILES string of the molecule is COCC1COc2c(/C=C(\C#N)C(=O)O)sc(-c3ccc(N(c4ccccc4)c4ccccc4)cc3)c2O1. The van der Waals surface area contributed by atoms with Crippen LogP contribution in [0.25, 0.3) is 16.5 Å². The number of nitriles is 1. The first kappa shape index (κ1) is 25.1. The Morgan fingerprint density at radius 2 is 1.63 bits per heavy atom. The average Bonchev–Trinajstić information content (AvgIpc) is 3.31. The third kappa shape index (κ3) is 5.11. The van der Waals surface area contributed by atoms with Gasteiger partial charge in [0.25, 0.3) is 0 Å². The molecular formula is C30H24N2O5S. The van der Waals surface area contributed by atoms with Crippen LogP contribution < -0.4 is 14.4 Å². The Hall–Kier alpha value is -4.58. The number of hydrogen-bond acceptors (Lipinski definition) is 7. The van der Waals surface area contributed by atoms with Gasteiger partial charge in [-0.05, 0) is 48.0 Å². The number of anilines is 3. The van der Waals surface area contributed by atoms with Gasteiger partial charge in [-0.25, -0.2) is 4.79 Å². The molecule has 4 aromatic rings. The Kier molecular flexibility index (Phi) is 7.40. The largest absolute Gasteiger partial charge is 0.484 e. The van der Waals surface area contributed by atoms with Crippen molar-refractivity contribution >= 4 is 40.4 Å². The fourth-order valence-corrected chi connectivity index (χ4v) is 5.36. The summed E-state index contributed by atoms with van der Waals surface area (Å²) in [6, 6.07) is 30.0. The molecule has 5 rings (SSSR count). The molecule has 7 nitrogen and oxygen atoms in total. The van der Waals surface area contributed by atoms with Crippen molar-refractivity contribution in [2.24, 2.45) is 0 Å². The molecule has 0 amide bonds. The van der Waals surface area contributed by atoms with E-state index >= 15 is 0 Å². The molecule has 190 valence electrons. The highest BCUT2D eigenvalue weighted by molar-refractivity contribution is 7.17. The Bertz CT molecular complexity index is 1450. The van der Waals surface area contributed by atoms with Crippen molar-refractivity contribution in [2.75, 3.05) is 25.2 Å². The van der Waals surface area contributed by atoms with E-state index in [1.54, 1.807) is 13.2 Å². The smallest absolute Gasteiger partial charge is 0.346 e. The van der Waals surface area contributed by atoms with Crippen LogP contribution in [0, 0.1) is 11.3 Å². The molecule has 1 N–H and O–H groups in total. The maximum Gasteiger partial charge on any atom is 0.346 e. The predicted octanol–water partition coefficient (Wildman–Crippen LogP) is 6.66. The normalized spacial score (nSPS) is 14.5. The zero-order valence-electron chi connectivity index (χ0n) is 20.5. The lowest BCUT2D eigenvalue weighted by Gasteiger charge is -2.26. The van der Waals surface area contributed by atoms with Gasteiger partial charge in [0.1, 0.15) is 18.2 Å². The third-order valence-electron chi connectivity index (χ3n) is 5.94. The number of nitrogens with zero attached hydrogens (tertiary/aromatic N) is 2. The molecule has 1 aromatic heterocycles. The highest BCUT2D eigenvalue weighted by Gasteiger charge is 2.30. The fourth-order valence-electron chi connectivity index (χ4n) is 4.23. The van der Waals surface area contributed by atoms with E-state index < -0.39 is 5.97 Å². The number of hydrogen-bond donors (Lipinski definition) is 1. The number of para-hydroxylation sites is 2. The number of carbonyl (C=O) groups is 1. The summed E-state index contributed by atoms with van der Waals surface area (Å²) >= 11 is 1.32. The van der Waals surface area contributed by atoms with E-state index in [1.165, 1.54) is 17.4 Å². The number of methoxy groups -OCH3 is 1. The fraction of sp³-hybridized carbons (Fsp3) is 0.133. The van der Waals surface area contributed by atoms with Gasteiger partial charge < -0.3 is 24.2 Å². The third-order valence-corrected chi connectivity index (χ3v) is 7.09. The molecular weight excluding hydrogens is 500 g/mol. The van der Waals surface area contributed by atoms with Gasteiger partial charge in [0.05, 0.1) is 16.4 Å². The molecule has 0 spiro atoms. The number of fused-ring (bicyclic) bond motifs is 1. The molecule has 1 aliphatic heterocycles. The van der Waals surface area contributed by atoms with Crippen molar-refractivity contribution in [1.82, 2.24) is 0 Å². The Labute approximate surface area is 224 Å². The minimum Gasteiger partial charge on any atom is -0.484 e. The number of carboxylic acids is 1. The number of ether oxygens (including phenoxy) is 3. The summed E-state index contributed by atoms with van der Waals surface area (Å²) in [4.78, 5) is 14.9. The number of benzene rings is 3. The van der Waals surface area contributed by atoms with Crippen LogP contribution in [0.4, 0.5) is 17.1 Å². The van der Waals surface area contributed by atoms with Crippen molar-refractivity contribution in [3.05, 3.63) is 95.4 Å². The second-order valence-electron chi connectivity index (χ2n) is 8.49. The number of aliphatic carboxylic acids is 1. The molecule has 2 heterocycles. The summed E-state index contributed by atoms with van der Waals surface area (Å²) in [5.74, 6) is -0.338. The van der Waals surface area contributed by atoms with E-state index in [1.807, 2.05) is 60.7 Å². The molecule has 0 saturated heterocycles. The quantitative estimate of drug-likeness (QED) is 0.203. The summed E-state index contributed by atoms with van der Waals surface area (Å²) in [5, 5.41) is 18.6. The van der Waals surface area contributed by atoms with Crippen LogP contribution >= 0.6 is 11.3 Å². The zero-order chi connectivity index (χ0) is 26.5. The summed E-state index contributed by atoms with van der Waals surface area (Å²) in [7, 11) is 1.59. The van der Waals surface area contributed by atoms with Gasteiger partial charge in [-0.1, -0.05) is 48.5 Å². The molecule has 1 aliphatic rings. The van der Waals surface area contributed by atoms with Crippen molar-refractivity contribution in [3.8, 4) is 28.0 Å². The van der Waals surface area contributed by atoms with Crippen molar-refractivity contribution in [2.45, 2.75) is 6.10 Å². The first-order valence-corrected chi connectivity index (χ1v) is 12.7. The number of thiophene rings is 1. The predicted molar refractivity (Wildman–Crippen MR) is 147 cm³/mol. The molecule has 0 aliphatic carbocycles. The van der Waals surface area contributed by atoms with Gasteiger partial charge >= 0.3 is 5.97 Å². The van der Waals surface area contributed by atoms with Gasteiger partial charge in [-0.2, -0.15) is 5.26 Å². The molecule has 1 atom stereocenters. The standard InChI is InChI=1S/C30H24N2O5S/c1-35-18-25-19-36-27-26(16-21(17-31)30(33)34)38-29(28(27)37-25)20-12-14-24(15-13-20)32(22-8-4-2-5-9-22)23-10-6-3-7-11-23/h2-16,25H,18-19H2,1H3,(H,33,34)/b21-16+. The highest BCUT2D eigenvalue weighted by Crippen LogP contribution is 2.51. The second kappa shape index (κ2) is 11.2. The monoisotopic (exact) mass is 524 g/mol. The van der Waals surface area contributed by atoms with E-state index in [9.17, 15) is 15.2 Å². The minimum absolute atomic E-state index is 0.259. The average molecular weight is 525 g/mol. The number of rotatable bonds is 8. The van der Waals surface area contributed by atoms with E-state index in [-0.39, 0.29) is 18.3 Å². The lowest BCUT2D eigenvalue weighted by Crippen LogP contribution is -2.32. The van der Waals surface area contributed by atoms with Gasteiger partial charge in [-0.15, -0.1) is 11.3 Å². The first-order valence-electron chi connectivity index (χ1n) is 11.9. The van der Waals surface area contributed by atoms with Crippen LogP contribution in [0.1, 0.15) is 4.88 Å². The van der Waals surface area contributed by atoms with Crippen LogP contribution in [0.15, 0.2) is 90.5 Å². The molecule has 0 saturated carbocycles. The van der Waals surface area contributed by atoms with Crippen LogP contribution in [-0.2, 0) is 9.53 Å². The second-order valence-corrected chi connectivity index (χ2v) is 9.54. The summed E-state index contributed by atoms with van der Waals surface area (Å²) in [6.45, 7) is 0.607. The zero-order valence-corrected chi connectivity index (χ0v) is 21.4. The molecule has 3 aromatic carbocycles. The van der Waals surface area contributed by atoms with E-state index in [2.05, 4.69) is 29.2 Å². The molecule has 0 fully saturated rings. The van der Waals surface area contributed by atoms with Crippen molar-refractivity contribution in [3.63, 3.8) is 0 Å². The lowest BCUT2D eigenvalue weighted by atomic mass is 10.1. The maximum absolute atomic E-state index is 11.5. The van der Waals surface area contributed by atoms with Crippen molar-refractivity contribution < 1.29 is 24.1 Å². The Morgan fingerprint density at radius 1 is 1.03 bits per heavy atom. The Balaban J connectivity index is 1.57.